The van der Waals surface area contributed by atoms with E-state index in [0.29, 0.717) is 5.92 Å². The van der Waals surface area contributed by atoms with Gasteiger partial charge in [0.2, 0.25) is 0 Å². The summed E-state index contributed by atoms with van der Waals surface area (Å²) in [5.41, 5.74) is 3.00. The van der Waals surface area contributed by atoms with Crippen molar-refractivity contribution < 1.29 is 5.11 Å². The van der Waals surface area contributed by atoms with Crippen LogP contribution < -0.4 is 0 Å². The van der Waals surface area contributed by atoms with Crippen molar-refractivity contribution in [2.24, 2.45) is 0 Å². The lowest BCUT2D eigenvalue weighted by Crippen LogP contribution is -2.18. The largest absolute Gasteiger partial charge is 0.393 e. The molecule has 1 heteroatoms. The van der Waals surface area contributed by atoms with Gasteiger partial charge in [-0.15, -0.1) is 0 Å². The molecule has 0 aromatic heterocycles. The zero-order valence-electron chi connectivity index (χ0n) is 10.4. The maximum atomic E-state index is 9.78. The molecule has 17 heavy (non-hydrogen) atoms. The van der Waals surface area contributed by atoms with E-state index in [9.17, 15) is 5.11 Å². The van der Waals surface area contributed by atoms with E-state index in [1.165, 1.54) is 43.2 Å². The molecule has 1 N–H and O–H groups in total. The highest BCUT2D eigenvalue weighted by atomic mass is 16.3. The van der Waals surface area contributed by atoms with Crippen molar-refractivity contribution in [3.05, 3.63) is 35.4 Å². The molecule has 0 heterocycles. The van der Waals surface area contributed by atoms with Crippen molar-refractivity contribution in [2.45, 2.75) is 62.9 Å². The average Bonchev–Trinajstić information content (AvgIpc) is 2.27. The topological polar surface area (TPSA) is 20.2 Å². The minimum atomic E-state index is -0.0684. The molecule has 92 valence electrons. The Kier molecular flexibility index (Phi) is 3.19. The standard InChI is InChI=1S/C16H22O/c17-16-9-3-8-15(11-16)14-7-2-6-13(10-14)12-4-1-5-12/h2,6-7,10,12,15-17H,1,3-5,8-9,11H2. The van der Waals surface area contributed by atoms with Gasteiger partial charge in [0.05, 0.1) is 6.10 Å². The highest BCUT2D eigenvalue weighted by molar-refractivity contribution is 5.30. The third-order valence-corrected chi connectivity index (χ3v) is 4.61. The molecular weight excluding hydrogens is 208 g/mol. The number of aliphatic hydroxyl groups is 1. The molecule has 1 aromatic rings. The van der Waals surface area contributed by atoms with Gasteiger partial charge in [0.1, 0.15) is 0 Å². The van der Waals surface area contributed by atoms with Crippen molar-refractivity contribution >= 4 is 0 Å². The van der Waals surface area contributed by atoms with Gasteiger partial charge in [-0.25, -0.2) is 0 Å². The van der Waals surface area contributed by atoms with Crippen molar-refractivity contribution in [3.8, 4) is 0 Å². The van der Waals surface area contributed by atoms with E-state index >= 15 is 0 Å². The van der Waals surface area contributed by atoms with Crippen LogP contribution in [0.4, 0.5) is 0 Å². The Morgan fingerprint density at radius 2 is 1.53 bits per heavy atom. The van der Waals surface area contributed by atoms with E-state index in [-0.39, 0.29) is 6.10 Å². The van der Waals surface area contributed by atoms with E-state index in [1.54, 1.807) is 0 Å². The van der Waals surface area contributed by atoms with Gasteiger partial charge < -0.3 is 5.11 Å². The summed E-state index contributed by atoms with van der Waals surface area (Å²) in [7, 11) is 0. The molecule has 2 aliphatic carbocycles. The molecule has 1 aromatic carbocycles. The first kappa shape index (κ1) is 11.3. The maximum absolute atomic E-state index is 9.78. The lowest BCUT2D eigenvalue weighted by atomic mass is 9.77. The van der Waals surface area contributed by atoms with Gasteiger partial charge in [0, 0.05) is 0 Å². The van der Waals surface area contributed by atoms with E-state index in [1.807, 2.05) is 0 Å². The number of hydrogen-bond donors (Lipinski definition) is 1. The van der Waals surface area contributed by atoms with Gasteiger partial charge in [0.15, 0.2) is 0 Å². The second kappa shape index (κ2) is 4.81. The maximum Gasteiger partial charge on any atom is 0.0546 e. The molecule has 2 saturated carbocycles. The lowest BCUT2D eigenvalue weighted by Gasteiger charge is -2.29. The van der Waals surface area contributed by atoms with Crippen molar-refractivity contribution in [1.29, 1.82) is 0 Å². The van der Waals surface area contributed by atoms with Crippen LogP contribution in [0.5, 0.6) is 0 Å². The van der Waals surface area contributed by atoms with Gasteiger partial charge in [-0.05, 0) is 55.1 Å². The zero-order chi connectivity index (χ0) is 11.7. The Morgan fingerprint density at radius 3 is 2.18 bits per heavy atom. The Balaban J connectivity index is 1.77. The van der Waals surface area contributed by atoms with Crippen molar-refractivity contribution in [1.82, 2.24) is 0 Å². The second-order valence-corrected chi connectivity index (χ2v) is 5.82. The minimum absolute atomic E-state index is 0.0684. The zero-order valence-corrected chi connectivity index (χ0v) is 10.4. The second-order valence-electron chi connectivity index (χ2n) is 5.82. The first-order valence-corrected chi connectivity index (χ1v) is 7.11. The molecule has 0 saturated heterocycles. The fraction of sp³-hybridized carbons (Fsp3) is 0.625. The van der Waals surface area contributed by atoms with Crippen LogP contribution in [0.25, 0.3) is 0 Å². The average molecular weight is 230 g/mol. The SMILES string of the molecule is OC1CCCC(c2cccc(C3CCC3)c2)C1. The van der Waals surface area contributed by atoms with Crippen LogP contribution in [0.15, 0.2) is 24.3 Å². The highest BCUT2D eigenvalue weighted by Gasteiger charge is 2.24. The normalized spacial score (nSPS) is 29.9. The van der Waals surface area contributed by atoms with Crippen LogP contribution in [0, 0.1) is 0 Å². The van der Waals surface area contributed by atoms with Crippen LogP contribution in [0.3, 0.4) is 0 Å². The Morgan fingerprint density at radius 1 is 0.882 bits per heavy atom. The summed E-state index contributed by atoms with van der Waals surface area (Å²) in [6.45, 7) is 0. The summed E-state index contributed by atoms with van der Waals surface area (Å²) in [6, 6.07) is 9.16. The summed E-state index contributed by atoms with van der Waals surface area (Å²) in [5.74, 6) is 1.42. The quantitative estimate of drug-likeness (QED) is 0.815. The van der Waals surface area contributed by atoms with E-state index < -0.39 is 0 Å². The van der Waals surface area contributed by atoms with Gasteiger partial charge in [0.25, 0.3) is 0 Å². The summed E-state index contributed by atoms with van der Waals surface area (Å²) in [4.78, 5) is 0. The number of rotatable bonds is 2. The van der Waals surface area contributed by atoms with Crippen molar-refractivity contribution in [2.75, 3.05) is 0 Å². The van der Waals surface area contributed by atoms with Gasteiger partial charge in [-0.1, -0.05) is 37.1 Å². The van der Waals surface area contributed by atoms with Crippen LogP contribution in [-0.2, 0) is 0 Å². The molecule has 0 aliphatic heterocycles. The predicted molar refractivity (Wildman–Crippen MR) is 70.2 cm³/mol. The Hall–Kier alpha value is -0.820. The molecule has 0 radical (unpaired) electrons. The first-order chi connectivity index (χ1) is 8.33. The van der Waals surface area contributed by atoms with Gasteiger partial charge in [-0.2, -0.15) is 0 Å². The Bertz CT molecular complexity index is 381. The molecule has 2 aliphatic rings. The third-order valence-electron chi connectivity index (χ3n) is 4.61. The predicted octanol–water partition coefficient (Wildman–Crippen LogP) is 3.97. The van der Waals surface area contributed by atoms with Crippen LogP contribution >= 0.6 is 0 Å². The fourth-order valence-corrected chi connectivity index (χ4v) is 3.28. The molecule has 0 bridgehead atoms. The molecule has 0 amide bonds. The van der Waals surface area contributed by atoms with E-state index in [4.69, 9.17) is 0 Å². The van der Waals surface area contributed by atoms with Gasteiger partial charge in [-0.3, -0.25) is 0 Å². The summed E-state index contributed by atoms with van der Waals surface area (Å²) in [6.07, 6.45) is 8.48. The molecule has 2 unspecified atom stereocenters. The lowest BCUT2D eigenvalue weighted by molar-refractivity contribution is 0.119. The third kappa shape index (κ3) is 2.40. The number of hydrogen-bond acceptors (Lipinski definition) is 1. The van der Waals surface area contributed by atoms with Gasteiger partial charge >= 0.3 is 0 Å². The molecule has 2 atom stereocenters. The summed E-state index contributed by atoms with van der Waals surface area (Å²) in [5, 5.41) is 9.78. The minimum Gasteiger partial charge on any atom is -0.393 e. The van der Waals surface area contributed by atoms with Crippen LogP contribution in [-0.4, -0.2) is 11.2 Å². The summed E-state index contributed by atoms with van der Waals surface area (Å²) >= 11 is 0. The smallest absolute Gasteiger partial charge is 0.0546 e. The fourth-order valence-electron chi connectivity index (χ4n) is 3.28. The van der Waals surface area contributed by atoms with Crippen LogP contribution in [0.2, 0.25) is 0 Å². The van der Waals surface area contributed by atoms with E-state index in [0.717, 1.165) is 18.8 Å². The van der Waals surface area contributed by atoms with Crippen molar-refractivity contribution in [3.63, 3.8) is 0 Å². The van der Waals surface area contributed by atoms with E-state index in [2.05, 4.69) is 24.3 Å². The van der Waals surface area contributed by atoms with Crippen LogP contribution in [0.1, 0.15) is 67.9 Å². The first-order valence-electron chi connectivity index (χ1n) is 7.11. The Labute approximate surface area is 104 Å². The number of benzene rings is 1. The molecule has 3 rings (SSSR count). The molecule has 0 spiro atoms. The summed E-state index contributed by atoms with van der Waals surface area (Å²) < 4.78 is 0. The highest BCUT2D eigenvalue weighted by Crippen LogP contribution is 2.39. The molecular formula is C16H22O. The monoisotopic (exact) mass is 230 g/mol. The number of aliphatic hydroxyl groups excluding tert-OH is 1. The molecule has 1 nitrogen and oxygen atoms in total. The molecule has 2 fully saturated rings.